The lowest BCUT2D eigenvalue weighted by atomic mass is 9.87. The maximum absolute atomic E-state index is 15.2. The summed E-state index contributed by atoms with van der Waals surface area (Å²) >= 11 is 6.51. The fourth-order valence-corrected chi connectivity index (χ4v) is 5.32. The number of hydrogen-bond donors (Lipinski definition) is 0. The molecule has 0 spiro atoms. The fourth-order valence-electron chi connectivity index (χ4n) is 5.04. The lowest BCUT2D eigenvalue weighted by Crippen LogP contribution is -2.19. The predicted molar refractivity (Wildman–Crippen MR) is 147 cm³/mol. The Balaban J connectivity index is 1.70. The SMILES string of the molecule is CCC(=C(c1ccc(C=CC#N)cc1)c1ccc2c(c1)c(F)nn2C1CCCCO1)c1ccc(F)cc1Cl. The Hall–Kier alpha value is -3.79. The molecule has 38 heavy (non-hydrogen) atoms. The summed E-state index contributed by atoms with van der Waals surface area (Å²) in [6, 6.07) is 19.8. The van der Waals surface area contributed by atoms with Crippen molar-refractivity contribution in [1.29, 1.82) is 5.26 Å². The zero-order chi connectivity index (χ0) is 26.6. The Kier molecular flexibility index (Phi) is 7.69. The molecular weight excluding hydrogens is 504 g/mol. The second-order valence-electron chi connectivity index (χ2n) is 9.20. The highest BCUT2D eigenvalue weighted by atomic mass is 35.5. The fraction of sp³-hybridized carbons (Fsp3) is 0.226. The van der Waals surface area contributed by atoms with Crippen LogP contribution in [0.1, 0.15) is 61.1 Å². The summed E-state index contributed by atoms with van der Waals surface area (Å²) in [5.41, 5.74) is 5.70. The van der Waals surface area contributed by atoms with E-state index in [4.69, 9.17) is 21.6 Å². The number of aromatic nitrogens is 2. The average Bonchev–Trinajstić information content (AvgIpc) is 3.27. The third kappa shape index (κ3) is 5.13. The number of nitriles is 1. The second kappa shape index (κ2) is 11.3. The summed E-state index contributed by atoms with van der Waals surface area (Å²) < 4.78 is 36.6. The second-order valence-corrected chi connectivity index (χ2v) is 9.61. The molecule has 0 radical (unpaired) electrons. The quantitative estimate of drug-likeness (QED) is 0.186. The van der Waals surface area contributed by atoms with E-state index in [0.717, 1.165) is 47.1 Å². The lowest BCUT2D eigenvalue weighted by molar-refractivity contribution is -0.0375. The van der Waals surface area contributed by atoms with E-state index >= 15 is 4.39 Å². The van der Waals surface area contributed by atoms with E-state index in [1.807, 2.05) is 55.5 Å². The summed E-state index contributed by atoms with van der Waals surface area (Å²) in [4.78, 5) is 0. The van der Waals surface area contributed by atoms with Crippen molar-refractivity contribution in [2.24, 2.45) is 0 Å². The molecule has 1 atom stereocenters. The van der Waals surface area contributed by atoms with Gasteiger partial charge in [0.2, 0.25) is 5.95 Å². The van der Waals surface area contributed by atoms with Gasteiger partial charge in [-0.3, -0.25) is 0 Å². The Morgan fingerprint density at radius 2 is 1.89 bits per heavy atom. The van der Waals surface area contributed by atoms with Crippen LogP contribution in [0.2, 0.25) is 5.02 Å². The highest BCUT2D eigenvalue weighted by Gasteiger charge is 2.23. The molecular formula is C31H26ClF2N3O. The minimum Gasteiger partial charge on any atom is -0.356 e. The van der Waals surface area contributed by atoms with E-state index in [1.165, 1.54) is 18.2 Å². The number of benzene rings is 3. The summed E-state index contributed by atoms with van der Waals surface area (Å²) in [5, 5.41) is 13.8. The van der Waals surface area contributed by atoms with Gasteiger partial charge >= 0.3 is 0 Å². The maximum atomic E-state index is 15.2. The van der Waals surface area contributed by atoms with Crippen LogP contribution in [0.15, 0.2) is 66.7 Å². The first-order chi connectivity index (χ1) is 18.5. The topological polar surface area (TPSA) is 50.8 Å². The standard InChI is InChI=1S/C31H26ClF2N3O/c1-2-24(25-14-13-23(33)19-27(25)32)30(21-10-8-20(9-11-21)6-5-16-35)22-12-15-28-26(18-22)31(34)36-37(28)29-7-3-4-17-38-29/h5-6,8-15,18-19,29H,2-4,7,17H2,1H3. The summed E-state index contributed by atoms with van der Waals surface area (Å²) in [6.07, 6.45) is 6.27. The minimum atomic E-state index is -0.551. The van der Waals surface area contributed by atoms with Gasteiger partial charge in [-0.1, -0.05) is 54.9 Å². The van der Waals surface area contributed by atoms with Crippen LogP contribution in [0.3, 0.4) is 0 Å². The highest BCUT2D eigenvalue weighted by molar-refractivity contribution is 6.32. The molecule has 0 bridgehead atoms. The van der Waals surface area contributed by atoms with Crippen LogP contribution < -0.4 is 0 Å². The molecule has 0 N–H and O–H groups in total. The molecule has 1 fully saturated rings. The first-order valence-electron chi connectivity index (χ1n) is 12.6. The average molecular weight is 530 g/mol. The number of allylic oxidation sites excluding steroid dienone is 2. The predicted octanol–water partition coefficient (Wildman–Crippen LogP) is 8.57. The van der Waals surface area contributed by atoms with Gasteiger partial charge in [0.05, 0.1) is 22.0 Å². The van der Waals surface area contributed by atoms with Crippen molar-refractivity contribution in [1.82, 2.24) is 9.78 Å². The number of hydrogen-bond acceptors (Lipinski definition) is 3. The van der Waals surface area contributed by atoms with Gasteiger partial charge in [-0.25, -0.2) is 9.07 Å². The molecule has 1 saturated heterocycles. The molecule has 5 rings (SSSR count). The van der Waals surface area contributed by atoms with Crippen LogP contribution in [0.5, 0.6) is 0 Å². The number of rotatable bonds is 6. The van der Waals surface area contributed by atoms with E-state index < -0.39 is 11.8 Å². The van der Waals surface area contributed by atoms with Crippen molar-refractivity contribution in [2.45, 2.75) is 38.8 Å². The van der Waals surface area contributed by atoms with Crippen molar-refractivity contribution in [2.75, 3.05) is 6.61 Å². The van der Waals surface area contributed by atoms with Crippen molar-refractivity contribution >= 4 is 39.7 Å². The first-order valence-corrected chi connectivity index (χ1v) is 13.0. The van der Waals surface area contributed by atoms with Crippen LogP contribution >= 0.6 is 11.6 Å². The van der Waals surface area contributed by atoms with Gasteiger partial charge in [-0.2, -0.15) is 9.65 Å². The van der Waals surface area contributed by atoms with Gasteiger partial charge in [-0.15, -0.1) is 5.10 Å². The van der Waals surface area contributed by atoms with Crippen LogP contribution in [-0.2, 0) is 4.74 Å². The Labute approximate surface area is 225 Å². The molecule has 1 aliphatic rings. The van der Waals surface area contributed by atoms with Crippen LogP contribution in [0.25, 0.3) is 28.1 Å². The van der Waals surface area contributed by atoms with Crippen LogP contribution in [0, 0.1) is 23.1 Å². The molecule has 4 aromatic rings. The third-order valence-corrected chi connectivity index (χ3v) is 7.15. The van der Waals surface area contributed by atoms with Gasteiger partial charge in [0, 0.05) is 12.7 Å². The van der Waals surface area contributed by atoms with E-state index in [-0.39, 0.29) is 6.23 Å². The molecule has 3 aromatic carbocycles. The number of halogens is 3. The molecule has 192 valence electrons. The molecule has 2 heterocycles. The summed E-state index contributed by atoms with van der Waals surface area (Å²) in [6.45, 7) is 2.65. The van der Waals surface area contributed by atoms with Gasteiger partial charge in [0.15, 0.2) is 6.23 Å². The zero-order valence-corrected chi connectivity index (χ0v) is 21.7. The molecule has 7 heteroatoms. The Morgan fingerprint density at radius 1 is 1.11 bits per heavy atom. The normalized spacial score (nSPS) is 16.6. The Bertz CT molecular complexity index is 1580. The highest BCUT2D eigenvalue weighted by Crippen LogP contribution is 2.39. The molecule has 0 aliphatic carbocycles. The molecule has 4 nitrogen and oxygen atoms in total. The largest absolute Gasteiger partial charge is 0.356 e. The van der Waals surface area contributed by atoms with Crippen molar-refractivity contribution in [3.05, 3.63) is 106 Å². The summed E-state index contributed by atoms with van der Waals surface area (Å²) in [5.74, 6) is -0.963. The smallest absolute Gasteiger partial charge is 0.240 e. The minimum absolute atomic E-state index is 0.283. The number of ether oxygens (including phenoxy) is 1. The van der Waals surface area contributed by atoms with Crippen LogP contribution in [-0.4, -0.2) is 16.4 Å². The number of fused-ring (bicyclic) bond motifs is 1. The molecule has 1 aromatic heterocycles. The maximum Gasteiger partial charge on any atom is 0.240 e. The molecule has 0 saturated carbocycles. The molecule has 1 aliphatic heterocycles. The monoisotopic (exact) mass is 529 g/mol. The van der Waals surface area contributed by atoms with Crippen LogP contribution in [0.4, 0.5) is 8.78 Å². The van der Waals surface area contributed by atoms with Gasteiger partial charge < -0.3 is 4.74 Å². The van der Waals surface area contributed by atoms with Gasteiger partial charge in [0.25, 0.3) is 0 Å². The van der Waals surface area contributed by atoms with E-state index in [1.54, 1.807) is 16.8 Å². The van der Waals surface area contributed by atoms with E-state index in [2.05, 4.69) is 5.10 Å². The molecule has 1 unspecified atom stereocenters. The number of nitrogens with zero attached hydrogens (tertiary/aromatic N) is 3. The first kappa shape index (κ1) is 25.8. The lowest BCUT2D eigenvalue weighted by Gasteiger charge is -2.23. The van der Waals surface area contributed by atoms with Crippen molar-refractivity contribution in [3.63, 3.8) is 0 Å². The van der Waals surface area contributed by atoms with Gasteiger partial charge in [-0.05, 0) is 89.4 Å². The zero-order valence-electron chi connectivity index (χ0n) is 20.9. The third-order valence-electron chi connectivity index (χ3n) is 6.84. The van der Waals surface area contributed by atoms with Gasteiger partial charge in [0.1, 0.15) is 5.82 Å². The molecule has 0 amide bonds. The summed E-state index contributed by atoms with van der Waals surface area (Å²) in [7, 11) is 0. The van der Waals surface area contributed by atoms with E-state index in [0.29, 0.717) is 34.5 Å². The van der Waals surface area contributed by atoms with Crippen molar-refractivity contribution in [3.8, 4) is 6.07 Å². The Morgan fingerprint density at radius 3 is 2.58 bits per heavy atom. The van der Waals surface area contributed by atoms with Crippen molar-refractivity contribution < 1.29 is 13.5 Å². The van der Waals surface area contributed by atoms with E-state index in [9.17, 15) is 4.39 Å².